The third-order valence-electron chi connectivity index (χ3n) is 2.82. The lowest BCUT2D eigenvalue weighted by Crippen LogP contribution is -2.22. The predicted octanol–water partition coefficient (Wildman–Crippen LogP) is 3.03. The van der Waals surface area contributed by atoms with Crippen LogP contribution in [0, 0.1) is 31.1 Å². The first-order valence-corrected chi connectivity index (χ1v) is 5.60. The molecule has 0 saturated heterocycles. The molecule has 3 heteroatoms. The second kappa shape index (κ2) is 4.98. The molecule has 1 aromatic heterocycles. The zero-order valence-corrected chi connectivity index (χ0v) is 10.6. The summed E-state index contributed by atoms with van der Waals surface area (Å²) in [4.78, 5) is 4.29. The predicted molar refractivity (Wildman–Crippen MR) is 66.3 cm³/mol. The Morgan fingerprint density at radius 1 is 1.31 bits per heavy atom. The van der Waals surface area contributed by atoms with Crippen molar-refractivity contribution in [3.8, 4) is 6.07 Å². The number of hydrogen-bond donors (Lipinski definition) is 1. The number of nitriles is 1. The Balaban J connectivity index is 3.08. The van der Waals surface area contributed by atoms with Gasteiger partial charge in [0, 0.05) is 11.7 Å². The van der Waals surface area contributed by atoms with Crippen molar-refractivity contribution in [2.75, 3.05) is 5.32 Å². The highest BCUT2D eigenvalue weighted by Gasteiger charge is 2.12. The number of rotatable bonds is 3. The summed E-state index contributed by atoms with van der Waals surface area (Å²) in [5, 5.41) is 12.5. The van der Waals surface area contributed by atoms with E-state index in [0.717, 1.165) is 17.1 Å². The summed E-state index contributed by atoms with van der Waals surface area (Å²) in [5.74, 6) is 0.528. The van der Waals surface area contributed by atoms with Gasteiger partial charge < -0.3 is 5.32 Å². The highest BCUT2D eigenvalue weighted by atomic mass is 14.9. The molecule has 0 fully saturated rings. The van der Waals surface area contributed by atoms with Crippen LogP contribution in [0.2, 0.25) is 0 Å². The van der Waals surface area contributed by atoms with Crippen molar-refractivity contribution in [2.24, 2.45) is 5.92 Å². The highest BCUT2D eigenvalue weighted by molar-refractivity contribution is 5.60. The number of nitrogens with zero attached hydrogens (tertiary/aromatic N) is 2. The Kier molecular flexibility index (Phi) is 3.89. The van der Waals surface area contributed by atoms with E-state index in [1.807, 2.05) is 19.9 Å². The summed E-state index contributed by atoms with van der Waals surface area (Å²) in [6.07, 6.45) is 0. The van der Waals surface area contributed by atoms with Crippen LogP contribution in [-0.2, 0) is 0 Å². The minimum absolute atomic E-state index is 0.341. The molecule has 0 aliphatic rings. The summed E-state index contributed by atoms with van der Waals surface area (Å²) in [7, 11) is 0. The van der Waals surface area contributed by atoms with E-state index in [1.54, 1.807) is 0 Å². The molecule has 1 aromatic rings. The highest BCUT2D eigenvalue weighted by Crippen LogP contribution is 2.20. The van der Waals surface area contributed by atoms with Gasteiger partial charge in [-0.3, -0.25) is 4.98 Å². The average Bonchev–Trinajstić information content (AvgIpc) is 2.16. The smallest absolute Gasteiger partial charge is 0.103 e. The Bertz CT molecular complexity index is 416. The lowest BCUT2D eigenvalue weighted by atomic mass is 10.0. The van der Waals surface area contributed by atoms with Gasteiger partial charge in [-0.25, -0.2) is 0 Å². The summed E-state index contributed by atoms with van der Waals surface area (Å²) in [6, 6.07) is 4.49. The molecule has 0 amide bonds. The fourth-order valence-corrected chi connectivity index (χ4v) is 1.50. The summed E-state index contributed by atoms with van der Waals surface area (Å²) < 4.78 is 0. The standard InChI is InChI=1S/C13H19N3/c1-8(2)10(4)16-13-6-9(3)15-11(5)12(13)7-14/h6,8,10H,1-5H3,(H,15,16). The van der Waals surface area contributed by atoms with E-state index in [9.17, 15) is 0 Å². The Labute approximate surface area is 97.5 Å². The van der Waals surface area contributed by atoms with E-state index in [1.165, 1.54) is 0 Å². The van der Waals surface area contributed by atoms with Crippen LogP contribution in [0.1, 0.15) is 37.7 Å². The van der Waals surface area contributed by atoms with Gasteiger partial charge in [-0.05, 0) is 32.8 Å². The average molecular weight is 217 g/mol. The maximum atomic E-state index is 9.11. The van der Waals surface area contributed by atoms with Gasteiger partial charge in [0.1, 0.15) is 6.07 Å². The molecular formula is C13H19N3. The van der Waals surface area contributed by atoms with E-state index < -0.39 is 0 Å². The van der Waals surface area contributed by atoms with Crippen molar-refractivity contribution >= 4 is 5.69 Å². The molecule has 0 aliphatic carbocycles. The summed E-state index contributed by atoms with van der Waals surface area (Å²) >= 11 is 0. The second-order valence-electron chi connectivity index (χ2n) is 4.56. The molecule has 1 heterocycles. The van der Waals surface area contributed by atoms with Crippen molar-refractivity contribution in [2.45, 2.75) is 40.7 Å². The molecule has 3 nitrogen and oxygen atoms in total. The van der Waals surface area contributed by atoms with Gasteiger partial charge in [-0.15, -0.1) is 0 Å². The summed E-state index contributed by atoms with van der Waals surface area (Å²) in [5.41, 5.74) is 3.28. The molecule has 1 atom stereocenters. The van der Waals surface area contributed by atoms with Crippen molar-refractivity contribution in [1.82, 2.24) is 4.98 Å². The van der Waals surface area contributed by atoms with Gasteiger partial charge in [-0.1, -0.05) is 13.8 Å². The topological polar surface area (TPSA) is 48.7 Å². The molecule has 0 aromatic carbocycles. The first kappa shape index (κ1) is 12.5. The zero-order valence-electron chi connectivity index (χ0n) is 10.6. The molecule has 0 spiro atoms. The van der Waals surface area contributed by atoms with Gasteiger partial charge in [0.15, 0.2) is 0 Å². The van der Waals surface area contributed by atoms with E-state index in [-0.39, 0.29) is 0 Å². The third-order valence-corrected chi connectivity index (χ3v) is 2.82. The molecule has 0 radical (unpaired) electrons. The molecule has 1 unspecified atom stereocenters. The van der Waals surface area contributed by atoms with Crippen molar-refractivity contribution in [1.29, 1.82) is 5.26 Å². The fraction of sp³-hybridized carbons (Fsp3) is 0.538. The molecule has 1 rings (SSSR count). The Morgan fingerprint density at radius 2 is 1.94 bits per heavy atom. The van der Waals surface area contributed by atoms with Crippen LogP contribution in [0.5, 0.6) is 0 Å². The largest absolute Gasteiger partial charge is 0.381 e. The number of hydrogen-bond acceptors (Lipinski definition) is 3. The maximum Gasteiger partial charge on any atom is 0.103 e. The number of pyridine rings is 1. The number of anilines is 1. The number of nitrogens with one attached hydrogen (secondary N) is 1. The van der Waals surface area contributed by atoms with Crippen molar-refractivity contribution in [3.05, 3.63) is 23.0 Å². The van der Waals surface area contributed by atoms with Crippen LogP contribution in [0.3, 0.4) is 0 Å². The monoisotopic (exact) mass is 217 g/mol. The number of aromatic nitrogens is 1. The van der Waals surface area contributed by atoms with Gasteiger partial charge in [0.05, 0.1) is 16.9 Å². The first-order valence-electron chi connectivity index (χ1n) is 5.60. The van der Waals surface area contributed by atoms with Crippen LogP contribution in [0.15, 0.2) is 6.07 Å². The van der Waals surface area contributed by atoms with Gasteiger partial charge in [-0.2, -0.15) is 5.26 Å². The molecule has 1 N–H and O–H groups in total. The SMILES string of the molecule is Cc1cc(NC(C)C(C)C)c(C#N)c(C)n1. The molecule has 16 heavy (non-hydrogen) atoms. The van der Waals surface area contributed by atoms with Gasteiger partial charge in [0.25, 0.3) is 0 Å². The van der Waals surface area contributed by atoms with Crippen LogP contribution < -0.4 is 5.32 Å². The van der Waals surface area contributed by atoms with Crippen molar-refractivity contribution < 1.29 is 0 Å². The number of aryl methyl sites for hydroxylation is 2. The lowest BCUT2D eigenvalue weighted by Gasteiger charge is -2.20. The normalized spacial score (nSPS) is 12.3. The zero-order chi connectivity index (χ0) is 12.3. The van der Waals surface area contributed by atoms with E-state index in [2.05, 4.69) is 37.1 Å². The van der Waals surface area contributed by atoms with E-state index in [0.29, 0.717) is 17.5 Å². The fourth-order valence-electron chi connectivity index (χ4n) is 1.50. The van der Waals surface area contributed by atoms with Crippen molar-refractivity contribution in [3.63, 3.8) is 0 Å². The minimum atomic E-state index is 0.341. The molecular weight excluding hydrogens is 198 g/mol. The minimum Gasteiger partial charge on any atom is -0.381 e. The second-order valence-corrected chi connectivity index (χ2v) is 4.56. The van der Waals surface area contributed by atoms with Gasteiger partial charge in [0.2, 0.25) is 0 Å². The van der Waals surface area contributed by atoms with Crippen LogP contribution in [0.4, 0.5) is 5.69 Å². The Hall–Kier alpha value is -1.56. The van der Waals surface area contributed by atoms with Crippen LogP contribution in [0.25, 0.3) is 0 Å². The summed E-state index contributed by atoms with van der Waals surface area (Å²) in [6.45, 7) is 10.3. The maximum absolute atomic E-state index is 9.11. The molecule has 86 valence electrons. The van der Waals surface area contributed by atoms with Gasteiger partial charge >= 0.3 is 0 Å². The quantitative estimate of drug-likeness (QED) is 0.846. The van der Waals surface area contributed by atoms with Crippen LogP contribution >= 0.6 is 0 Å². The first-order chi connectivity index (χ1) is 7.45. The third kappa shape index (κ3) is 2.73. The lowest BCUT2D eigenvalue weighted by molar-refractivity contribution is 0.560. The van der Waals surface area contributed by atoms with Crippen LogP contribution in [-0.4, -0.2) is 11.0 Å². The van der Waals surface area contributed by atoms with E-state index in [4.69, 9.17) is 5.26 Å². The molecule has 0 saturated carbocycles. The Morgan fingerprint density at radius 3 is 2.44 bits per heavy atom. The van der Waals surface area contributed by atoms with E-state index >= 15 is 0 Å². The molecule has 0 aliphatic heterocycles. The molecule has 0 bridgehead atoms.